The van der Waals surface area contributed by atoms with Gasteiger partial charge >= 0.3 is 6.01 Å². The topological polar surface area (TPSA) is 115 Å². The number of β-amino-alcohol motifs (C(OH)–C–C–N with tert-alkyl or cyclic N) is 1. The SMILES string of the molecule is CCc1c(F)ccc2cc(O)cc(-c3ncc4c(N5CCC[C@@](C)(O)C5)nc(OC[C@]56CCCN5[C@H](CO)CC6)nc4c3F)c12. The lowest BCUT2D eigenvalue weighted by Gasteiger charge is -2.38. The number of phenols is 1. The van der Waals surface area contributed by atoms with E-state index in [2.05, 4.69) is 14.9 Å². The van der Waals surface area contributed by atoms with Crippen molar-refractivity contribution in [3.8, 4) is 23.0 Å². The molecule has 3 atom stereocenters. The molecule has 0 spiro atoms. The summed E-state index contributed by atoms with van der Waals surface area (Å²) in [4.78, 5) is 18.1. The molecule has 5 heterocycles. The first-order valence-corrected chi connectivity index (χ1v) is 15.9. The van der Waals surface area contributed by atoms with Gasteiger partial charge in [-0.25, -0.2) is 8.78 Å². The van der Waals surface area contributed by atoms with E-state index in [1.165, 1.54) is 24.4 Å². The molecule has 2 aromatic heterocycles. The molecule has 4 aromatic rings. The first-order chi connectivity index (χ1) is 21.6. The number of anilines is 1. The van der Waals surface area contributed by atoms with Gasteiger partial charge in [0, 0.05) is 30.9 Å². The minimum atomic E-state index is -0.948. The number of hydrogen-bond donors (Lipinski definition) is 3. The molecule has 0 aliphatic carbocycles. The number of benzene rings is 2. The van der Waals surface area contributed by atoms with Crippen molar-refractivity contribution in [2.75, 3.05) is 37.7 Å². The second-order valence-electron chi connectivity index (χ2n) is 13.2. The highest BCUT2D eigenvalue weighted by Crippen LogP contribution is 2.43. The van der Waals surface area contributed by atoms with Gasteiger partial charge in [-0.1, -0.05) is 13.0 Å². The van der Waals surface area contributed by atoms with E-state index in [-0.39, 0.29) is 46.7 Å². The van der Waals surface area contributed by atoms with Crippen molar-refractivity contribution in [3.63, 3.8) is 0 Å². The number of pyridine rings is 1. The summed E-state index contributed by atoms with van der Waals surface area (Å²) >= 11 is 0. The lowest BCUT2D eigenvalue weighted by atomic mass is 9.94. The molecule has 0 unspecified atom stereocenters. The van der Waals surface area contributed by atoms with Crippen molar-refractivity contribution in [2.45, 2.75) is 76.0 Å². The Bertz CT molecular complexity index is 1790. The van der Waals surface area contributed by atoms with E-state index in [1.807, 2.05) is 11.8 Å². The van der Waals surface area contributed by atoms with Crippen LogP contribution in [0.3, 0.4) is 0 Å². The maximum Gasteiger partial charge on any atom is 0.319 e. The molecular formula is C34H39F2N5O4. The molecule has 7 rings (SSSR count). The number of phenolic OH excluding ortho intramolecular Hbond substituents is 1. The van der Waals surface area contributed by atoms with Crippen LogP contribution in [0, 0.1) is 11.6 Å². The van der Waals surface area contributed by atoms with Crippen LogP contribution >= 0.6 is 0 Å². The summed E-state index contributed by atoms with van der Waals surface area (Å²) in [7, 11) is 0. The lowest BCUT2D eigenvalue weighted by molar-refractivity contribution is 0.0446. The summed E-state index contributed by atoms with van der Waals surface area (Å²) in [5, 5.41) is 32.8. The molecule has 0 amide bonds. The van der Waals surface area contributed by atoms with Crippen molar-refractivity contribution >= 4 is 27.5 Å². The maximum atomic E-state index is 16.8. The van der Waals surface area contributed by atoms with E-state index in [0.29, 0.717) is 60.1 Å². The van der Waals surface area contributed by atoms with Crippen LogP contribution in [-0.4, -0.2) is 85.2 Å². The zero-order valence-corrected chi connectivity index (χ0v) is 25.7. The van der Waals surface area contributed by atoms with E-state index >= 15 is 4.39 Å². The van der Waals surface area contributed by atoms with Gasteiger partial charge in [-0.05, 0) is 92.9 Å². The Labute approximate surface area is 260 Å². The Kier molecular flexibility index (Phi) is 7.53. The van der Waals surface area contributed by atoms with Gasteiger partial charge in [-0.2, -0.15) is 9.97 Å². The molecule has 11 heteroatoms. The first kappa shape index (κ1) is 30.0. The summed E-state index contributed by atoms with van der Waals surface area (Å²) in [5.41, 5.74) is -0.570. The average molecular weight is 620 g/mol. The Morgan fingerprint density at radius 3 is 2.69 bits per heavy atom. The standard InChI is InChI=1S/C34H39F2N5O4/c1-3-23-26(35)7-6-20-14-22(43)15-24(27(20)23)29-28(36)30-25(16-37-29)31(40-12-4-9-33(2,44)18-40)39-32(38-30)45-19-34-10-5-13-41(34)21(17-42)8-11-34/h6-7,14-16,21,42-44H,3-5,8-13,17-19H2,1-2H3/t21-,33+,34+/m0/s1. The number of nitrogens with zero attached hydrogens (tertiary/aromatic N) is 5. The number of aliphatic hydroxyl groups excluding tert-OH is 1. The number of aliphatic hydroxyl groups is 2. The van der Waals surface area contributed by atoms with Crippen molar-refractivity contribution in [2.24, 2.45) is 0 Å². The summed E-state index contributed by atoms with van der Waals surface area (Å²) in [5.74, 6) is -0.806. The van der Waals surface area contributed by atoms with E-state index in [9.17, 15) is 19.7 Å². The van der Waals surface area contributed by atoms with Crippen molar-refractivity contribution < 1.29 is 28.8 Å². The van der Waals surface area contributed by atoms with Gasteiger partial charge in [0.2, 0.25) is 0 Å². The zero-order chi connectivity index (χ0) is 31.5. The minimum Gasteiger partial charge on any atom is -0.508 e. The molecule has 0 bridgehead atoms. The number of fused-ring (bicyclic) bond motifs is 3. The van der Waals surface area contributed by atoms with Crippen LogP contribution in [0.15, 0.2) is 30.5 Å². The summed E-state index contributed by atoms with van der Waals surface area (Å²) < 4.78 is 38.0. The van der Waals surface area contributed by atoms with Crippen molar-refractivity contribution in [1.82, 2.24) is 19.9 Å². The molecule has 3 aliphatic heterocycles. The highest BCUT2D eigenvalue weighted by Gasteiger charge is 2.49. The minimum absolute atomic E-state index is 0.00315. The van der Waals surface area contributed by atoms with E-state index in [0.717, 1.165) is 38.6 Å². The normalized spacial score (nSPS) is 25.4. The number of aromatic nitrogens is 3. The third kappa shape index (κ3) is 5.14. The lowest BCUT2D eigenvalue weighted by Crippen LogP contribution is -2.47. The first-order valence-electron chi connectivity index (χ1n) is 15.9. The van der Waals surface area contributed by atoms with Gasteiger partial charge in [0.1, 0.15) is 35.2 Å². The van der Waals surface area contributed by atoms with Gasteiger partial charge in [-0.3, -0.25) is 9.88 Å². The quantitative estimate of drug-likeness (QED) is 0.260. The van der Waals surface area contributed by atoms with Gasteiger partial charge in [-0.15, -0.1) is 0 Å². The summed E-state index contributed by atoms with van der Waals surface area (Å²) in [6.45, 7) is 5.81. The molecule has 3 N–H and O–H groups in total. The van der Waals surface area contributed by atoms with Gasteiger partial charge in [0.25, 0.3) is 0 Å². The van der Waals surface area contributed by atoms with Gasteiger partial charge in [0.05, 0.1) is 23.1 Å². The highest BCUT2D eigenvalue weighted by molar-refractivity contribution is 6.01. The molecule has 3 saturated heterocycles. The second kappa shape index (κ2) is 11.3. The van der Waals surface area contributed by atoms with Crippen LogP contribution in [0.5, 0.6) is 11.8 Å². The summed E-state index contributed by atoms with van der Waals surface area (Å²) in [6, 6.07) is 5.97. The van der Waals surface area contributed by atoms with Crippen LogP contribution < -0.4 is 9.64 Å². The van der Waals surface area contributed by atoms with E-state index in [1.54, 1.807) is 13.0 Å². The predicted octanol–water partition coefficient (Wildman–Crippen LogP) is 5.11. The fourth-order valence-corrected chi connectivity index (χ4v) is 7.95. The fraction of sp³-hybridized carbons (Fsp3) is 0.500. The third-order valence-electron chi connectivity index (χ3n) is 10.1. The van der Waals surface area contributed by atoms with Crippen LogP contribution in [0.2, 0.25) is 0 Å². The Morgan fingerprint density at radius 1 is 1.09 bits per heavy atom. The Balaban J connectivity index is 1.37. The molecule has 0 saturated carbocycles. The van der Waals surface area contributed by atoms with Crippen LogP contribution in [0.4, 0.5) is 14.6 Å². The molecule has 45 heavy (non-hydrogen) atoms. The number of rotatable bonds is 7. The van der Waals surface area contributed by atoms with Crippen LogP contribution in [-0.2, 0) is 6.42 Å². The number of halogens is 2. The van der Waals surface area contributed by atoms with Crippen molar-refractivity contribution in [1.29, 1.82) is 0 Å². The molecule has 3 aliphatic rings. The molecule has 9 nitrogen and oxygen atoms in total. The molecule has 238 valence electrons. The van der Waals surface area contributed by atoms with E-state index in [4.69, 9.17) is 9.72 Å². The zero-order valence-electron chi connectivity index (χ0n) is 25.7. The van der Waals surface area contributed by atoms with Crippen molar-refractivity contribution in [3.05, 3.63) is 47.7 Å². The number of ether oxygens (including phenoxy) is 1. The predicted molar refractivity (Wildman–Crippen MR) is 168 cm³/mol. The smallest absolute Gasteiger partial charge is 0.319 e. The summed E-state index contributed by atoms with van der Waals surface area (Å²) in [6.07, 6.45) is 6.95. The maximum absolute atomic E-state index is 16.8. The van der Waals surface area contributed by atoms with Gasteiger partial charge in [0.15, 0.2) is 5.82 Å². The van der Waals surface area contributed by atoms with Crippen LogP contribution in [0.1, 0.15) is 57.9 Å². The monoisotopic (exact) mass is 619 g/mol. The number of aryl methyl sites for hydroxylation is 1. The van der Waals surface area contributed by atoms with Crippen LogP contribution in [0.25, 0.3) is 32.9 Å². The number of aromatic hydroxyl groups is 1. The number of piperidine rings is 1. The highest BCUT2D eigenvalue weighted by atomic mass is 19.1. The molecule has 0 radical (unpaired) electrons. The average Bonchev–Trinajstić information content (AvgIpc) is 3.58. The largest absolute Gasteiger partial charge is 0.508 e. The third-order valence-corrected chi connectivity index (χ3v) is 10.1. The Morgan fingerprint density at radius 2 is 1.91 bits per heavy atom. The molecule has 3 fully saturated rings. The molecular weight excluding hydrogens is 580 g/mol. The van der Waals surface area contributed by atoms with E-state index < -0.39 is 17.2 Å². The van der Waals surface area contributed by atoms with Gasteiger partial charge < -0.3 is 25.0 Å². The fourth-order valence-electron chi connectivity index (χ4n) is 7.95. The number of hydrogen-bond acceptors (Lipinski definition) is 9. The molecule has 2 aromatic carbocycles. The Hall–Kier alpha value is -3.67. The second-order valence-corrected chi connectivity index (χ2v) is 13.2.